The highest BCUT2D eigenvalue weighted by Gasteiger charge is 2.58. The van der Waals surface area contributed by atoms with Crippen LogP contribution >= 0.6 is 0 Å². The van der Waals surface area contributed by atoms with Crippen LogP contribution in [0.2, 0.25) is 0 Å². The van der Waals surface area contributed by atoms with E-state index in [0.29, 0.717) is 16.2 Å². The van der Waals surface area contributed by atoms with Crippen molar-refractivity contribution in [2.24, 2.45) is 57.2 Å². The summed E-state index contributed by atoms with van der Waals surface area (Å²) in [4.78, 5) is 9.05. The molecule has 0 spiro atoms. The molecule has 2 heterocycles. The number of hydrogen-bond donors (Lipinski definition) is 2. The van der Waals surface area contributed by atoms with E-state index in [9.17, 15) is 10.2 Å². The third-order valence-corrected chi connectivity index (χ3v) is 18.0. The van der Waals surface area contributed by atoms with Gasteiger partial charge in [-0.1, -0.05) is 81.3 Å². The highest BCUT2D eigenvalue weighted by Crippen LogP contribution is 2.67. The van der Waals surface area contributed by atoms with Gasteiger partial charge >= 0.3 is 0 Å². The number of aromatic nitrogens is 3. The van der Waals surface area contributed by atoms with E-state index in [-0.39, 0.29) is 17.6 Å². The average molecular weight is 738 g/mol. The molecule has 1 aromatic carbocycles. The van der Waals surface area contributed by atoms with Crippen LogP contribution < -0.4 is 0 Å². The van der Waals surface area contributed by atoms with E-state index in [1.165, 1.54) is 74.6 Å². The van der Waals surface area contributed by atoms with Gasteiger partial charge in [0.15, 0.2) is 0 Å². The van der Waals surface area contributed by atoms with Crippen molar-refractivity contribution >= 4 is 22.3 Å². The van der Waals surface area contributed by atoms with Crippen molar-refractivity contribution in [2.75, 3.05) is 0 Å². The molecule has 11 rings (SSSR count). The summed E-state index contributed by atoms with van der Waals surface area (Å²) in [5.74, 6) is 4.62. The fraction of sp³-hybridized carbons (Fsp3) is 0.600. The van der Waals surface area contributed by atoms with Gasteiger partial charge in [0.1, 0.15) is 6.33 Å². The average Bonchev–Trinajstić information content (AvgIpc) is 3.88. The summed E-state index contributed by atoms with van der Waals surface area (Å²) in [5, 5.41) is 20.4. The van der Waals surface area contributed by atoms with E-state index in [1.807, 2.05) is 18.7 Å². The van der Waals surface area contributed by atoms with Gasteiger partial charge in [0.05, 0.1) is 23.2 Å². The van der Waals surface area contributed by atoms with Gasteiger partial charge in [-0.2, -0.15) is 0 Å². The zero-order valence-corrected chi connectivity index (χ0v) is 33.8. The molecule has 0 aliphatic heterocycles. The Labute approximate surface area is 329 Å². The molecule has 8 aliphatic rings. The molecule has 5 heteroatoms. The fourth-order valence-electron chi connectivity index (χ4n) is 14.9. The minimum atomic E-state index is -0.117. The van der Waals surface area contributed by atoms with Gasteiger partial charge in [0.2, 0.25) is 0 Å². The number of nitrogens with zero attached hydrogens (tertiary/aromatic N) is 3. The summed E-state index contributed by atoms with van der Waals surface area (Å²) in [5.41, 5.74) is 11.0. The van der Waals surface area contributed by atoms with Crippen LogP contribution in [0.5, 0.6) is 0 Å². The summed E-state index contributed by atoms with van der Waals surface area (Å²) in [6.07, 6.45) is 32.0. The number of aliphatic hydroxyl groups excluding tert-OH is 2. The number of hydrogen-bond acceptors (Lipinski definition) is 4. The maximum atomic E-state index is 10.2. The first-order chi connectivity index (χ1) is 26.5. The molecular weight excluding hydrogens is 675 g/mol. The second-order valence-corrected chi connectivity index (χ2v) is 20.2. The predicted octanol–water partition coefficient (Wildman–Crippen LogP) is 11.2. The zero-order valence-electron chi connectivity index (χ0n) is 33.8. The molecule has 2 N–H and O–H groups in total. The van der Waals surface area contributed by atoms with Crippen molar-refractivity contribution in [1.29, 1.82) is 0 Å². The molecule has 12 atom stereocenters. The van der Waals surface area contributed by atoms with E-state index in [0.717, 1.165) is 73.1 Å². The monoisotopic (exact) mass is 737 g/mol. The van der Waals surface area contributed by atoms with Crippen LogP contribution in [-0.4, -0.2) is 37.0 Å². The highest BCUT2D eigenvalue weighted by atomic mass is 16.3. The molecule has 0 bridgehead atoms. The number of rotatable bonds is 2. The molecule has 55 heavy (non-hydrogen) atoms. The van der Waals surface area contributed by atoms with Crippen molar-refractivity contribution in [1.82, 2.24) is 14.5 Å². The Morgan fingerprint density at radius 3 is 1.87 bits per heavy atom. The SMILES string of the molecule is C[C@]12CC[C@H](O)CC1=CCC1C2CC[C@]2(C)C(c3cccnc3)=CCC12.C[C@]12CC[C@H](O)CC1=CCC1C2CC[C@]2(C)C(n3cnc4ccccc43)=CCC12. The Bertz CT molecular complexity index is 2090. The van der Waals surface area contributed by atoms with Crippen LogP contribution in [-0.2, 0) is 0 Å². The van der Waals surface area contributed by atoms with Gasteiger partial charge in [-0.05, 0) is 171 Å². The molecule has 6 unspecified atom stereocenters. The van der Waals surface area contributed by atoms with Crippen molar-refractivity contribution in [3.8, 4) is 0 Å². The van der Waals surface area contributed by atoms with Gasteiger partial charge in [-0.15, -0.1) is 0 Å². The van der Waals surface area contributed by atoms with Gasteiger partial charge in [-0.25, -0.2) is 4.98 Å². The molecule has 8 aliphatic carbocycles. The van der Waals surface area contributed by atoms with Crippen LogP contribution in [0.3, 0.4) is 0 Å². The lowest BCUT2D eigenvalue weighted by molar-refractivity contribution is -0.0249. The van der Waals surface area contributed by atoms with Crippen LogP contribution in [0, 0.1) is 57.2 Å². The Balaban J connectivity index is 0.000000136. The normalized spacial score (nSPS) is 42.8. The first-order valence-corrected chi connectivity index (χ1v) is 22.0. The summed E-state index contributed by atoms with van der Waals surface area (Å²) in [7, 11) is 0. The summed E-state index contributed by atoms with van der Waals surface area (Å²) < 4.78 is 2.37. The number of pyridine rings is 1. The highest BCUT2D eigenvalue weighted by molar-refractivity contribution is 5.80. The number of allylic oxidation sites excluding steroid dienone is 6. The molecule has 5 nitrogen and oxygen atoms in total. The largest absolute Gasteiger partial charge is 0.393 e. The van der Waals surface area contributed by atoms with Crippen LogP contribution in [0.4, 0.5) is 0 Å². The van der Waals surface area contributed by atoms with E-state index in [1.54, 1.807) is 16.7 Å². The quantitative estimate of drug-likeness (QED) is 0.257. The summed E-state index contributed by atoms with van der Waals surface area (Å²) in [6, 6.07) is 12.8. The van der Waals surface area contributed by atoms with Gasteiger partial charge in [0, 0.05) is 23.5 Å². The zero-order chi connectivity index (χ0) is 37.7. The molecule has 4 saturated carbocycles. The van der Waals surface area contributed by atoms with Crippen LogP contribution in [0.1, 0.15) is 123 Å². The van der Waals surface area contributed by atoms with E-state index >= 15 is 0 Å². The second-order valence-electron chi connectivity index (χ2n) is 20.2. The van der Waals surface area contributed by atoms with Gasteiger partial charge < -0.3 is 14.8 Å². The van der Waals surface area contributed by atoms with E-state index in [2.05, 4.69) is 103 Å². The maximum Gasteiger partial charge on any atom is 0.100 e. The first kappa shape index (κ1) is 36.1. The lowest BCUT2D eigenvalue weighted by Gasteiger charge is -2.57. The maximum absolute atomic E-state index is 10.2. The second kappa shape index (κ2) is 13.1. The Morgan fingerprint density at radius 1 is 0.618 bits per heavy atom. The minimum Gasteiger partial charge on any atom is -0.393 e. The third kappa shape index (κ3) is 5.44. The first-order valence-electron chi connectivity index (χ1n) is 22.0. The molecule has 2 aromatic heterocycles. The molecule has 0 amide bonds. The van der Waals surface area contributed by atoms with Gasteiger partial charge in [-0.3, -0.25) is 4.98 Å². The van der Waals surface area contributed by atoms with E-state index < -0.39 is 0 Å². The van der Waals surface area contributed by atoms with Crippen LogP contribution in [0.25, 0.3) is 22.3 Å². The number of imidazole rings is 1. The molecular formula is C50H63N3O2. The lowest BCUT2D eigenvalue weighted by atomic mass is 9.47. The summed E-state index contributed by atoms with van der Waals surface area (Å²) in [6.45, 7) is 10.1. The fourth-order valence-corrected chi connectivity index (χ4v) is 14.9. The smallest absolute Gasteiger partial charge is 0.100 e. The number of aliphatic hydroxyl groups is 2. The number of fused-ring (bicyclic) bond motifs is 11. The molecule has 290 valence electrons. The molecule has 3 aromatic rings. The standard InChI is InChI=1S/C26H32N2O.C24H31NO/c1-25-13-11-18(29)15-17(25)7-8-19-20-9-10-24(26(20,2)14-12-21(19)25)28-16-27-22-5-3-4-6-23(22)28;1-23-11-9-18(26)14-17(23)5-6-19-21-8-7-20(16-4-3-13-25-15-16)24(21,2)12-10-22(19)23/h3-7,10,16,18-21,29H,8-9,11-15H2,1-2H3;3-5,7,13,15,18-19,21-22,26H,6,8-12,14H2,1-2H3/t18-,19?,20?,21?,25-,26-;18-,19?,21?,22?,23-,24+/m00/s1. The Hall–Kier alpha value is -3.28. The van der Waals surface area contributed by atoms with Crippen molar-refractivity contribution in [3.05, 3.63) is 96.1 Å². The molecule has 0 saturated heterocycles. The third-order valence-electron chi connectivity index (χ3n) is 18.0. The lowest BCUT2D eigenvalue weighted by Crippen LogP contribution is -2.50. The van der Waals surface area contributed by atoms with E-state index in [4.69, 9.17) is 0 Å². The predicted molar refractivity (Wildman–Crippen MR) is 222 cm³/mol. The summed E-state index contributed by atoms with van der Waals surface area (Å²) >= 11 is 0. The Morgan fingerprint density at radius 2 is 1.22 bits per heavy atom. The van der Waals surface area contributed by atoms with Crippen molar-refractivity contribution in [2.45, 2.75) is 130 Å². The number of benzene rings is 1. The Kier molecular flexibility index (Phi) is 8.62. The van der Waals surface area contributed by atoms with Crippen molar-refractivity contribution in [3.63, 3.8) is 0 Å². The topological polar surface area (TPSA) is 71.2 Å². The van der Waals surface area contributed by atoms with Crippen LogP contribution in [0.15, 0.2) is 90.6 Å². The van der Waals surface area contributed by atoms with Crippen molar-refractivity contribution < 1.29 is 10.2 Å². The van der Waals surface area contributed by atoms with Gasteiger partial charge in [0.25, 0.3) is 0 Å². The molecule has 0 radical (unpaired) electrons. The molecule has 4 fully saturated rings. The minimum absolute atomic E-state index is 0.106. The number of para-hydroxylation sites is 2.